The van der Waals surface area contributed by atoms with Crippen molar-refractivity contribution >= 4 is 11.9 Å². The summed E-state index contributed by atoms with van der Waals surface area (Å²) in [5, 5.41) is 17.9. The van der Waals surface area contributed by atoms with E-state index in [1.165, 1.54) is 0 Å². The van der Waals surface area contributed by atoms with Crippen LogP contribution in [0.1, 0.15) is 0 Å². The predicted molar refractivity (Wildman–Crippen MR) is 11.1 cm³/mol. The topological polar surface area (TPSA) is 89.5 Å². The lowest BCUT2D eigenvalue weighted by Gasteiger charge is -2.03. The molecule has 0 amide bonds. The Balaban J connectivity index is 3.58. The first kappa shape index (κ1) is 5.90. The molecule has 0 spiro atoms. The number of hydrogen-bond acceptors (Lipinski definition) is 5. The summed E-state index contributed by atoms with van der Waals surface area (Å²) in [6.45, 7) is 0. The minimum absolute atomic E-state index is 1.90. The Morgan fingerprint density at radius 1 is 1.43 bits per heavy atom. The fraction of sp³-hybridized carbons (Fsp3) is 0. The molecule has 0 unspecified atom stereocenters. The lowest BCUT2D eigenvalue weighted by atomic mass is 10.7. The highest BCUT2D eigenvalue weighted by Gasteiger charge is 1.93. The molecule has 0 N–H and O–H groups in total. The molecule has 5 heteroatoms. The third kappa shape index (κ3) is 1.72. The van der Waals surface area contributed by atoms with Gasteiger partial charge in [-0.15, -0.1) is 0 Å². The van der Waals surface area contributed by atoms with Gasteiger partial charge in [-0.05, 0) is 0 Å². The highest BCUT2D eigenvalue weighted by molar-refractivity contribution is 6.27. The van der Waals surface area contributed by atoms with Crippen molar-refractivity contribution in [1.29, 1.82) is 0 Å². The van der Waals surface area contributed by atoms with Crippen LogP contribution in [0.5, 0.6) is 0 Å². The first-order valence-electron chi connectivity index (χ1n) is 1.23. The smallest absolute Gasteiger partial charge is 0.348 e. The highest BCUT2D eigenvalue weighted by Crippen LogP contribution is 1.59. The van der Waals surface area contributed by atoms with Crippen LogP contribution in [0, 0.1) is 0 Å². The van der Waals surface area contributed by atoms with Gasteiger partial charge in [0.25, 0.3) is 0 Å². The highest BCUT2D eigenvalue weighted by atomic mass is 17.1. The number of carboxylic acid groups (broad SMARTS) is 1. The molecule has 0 aromatic carbocycles. The number of aliphatic carboxylic acids is 1. The van der Waals surface area contributed by atoms with Crippen LogP contribution in [0.3, 0.4) is 0 Å². The van der Waals surface area contributed by atoms with Crippen molar-refractivity contribution in [2.24, 2.45) is 0 Å². The molecule has 40 valence electrons. The number of rotatable bonds is 0. The Hall–Kier alpha value is -1.10. The maximum atomic E-state index is 9.31. The van der Waals surface area contributed by atoms with E-state index in [0.717, 1.165) is 0 Å². The summed E-state index contributed by atoms with van der Waals surface area (Å²) < 4.78 is 0. The Labute approximate surface area is 38.1 Å². The van der Waals surface area contributed by atoms with Crippen LogP contribution >= 0.6 is 0 Å². The van der Waals surface area contributed by atoms with Gasteiger partial charge in [-0.2, -0.15) is 0 Å². The maximum absolute atomic E-state index is 9.31. The van der Waals surface area contributed by atoms with Crippen molar-refractivity contribution in [2.45, 2.75) is 0 Å². The Bertz CT molecular complexity index is 94.3. The van der Waals surface area contributed by atoms with Crippen LogP contribution in [0.25, 0.3) is 0 Å². The average Bonchev–Trinajstić information content (AvgIpc) is 1.65. The van der Waals surface area contributed by atoms with Gasteiger partial charge in [-0.25, -0.2) is 4.79 Å². The third-order valence-electron chi connectivity index (χ3n) is 0.242. The summed E-state index contributed by atoms with van der Waals surface area (Å²) in [6, 6.07) is 0. The fourth-order valence-electron chi connectivity index (χ4n) is 0.0340. The molecule has 0 heterocycles. The van der Waals surface area contributed by atoms with E-state index in [1.54, 1.807) is 0 Å². The Morgan fingerprint density at radius 3 is 1.86 bits per heavy atom. The molecule has 0 fully saturated rings. The second-order valence-corrected chi connectivity index (χ2v) is 0.658. The molecule has 0 rings (SSSR count). The van der Waals surface area contributed by atoms with Crippen molar-refractivity contribution in [1.82, 2.24) is 0 Å². The lowest BCUT2D eigenvalue weighted by molar-refractivity contribution is -0.656. The summed E-state index contributed by atoms with van der Waals surface area (Å²) in [6.07, 6.45) is 0. The van der Waals surface area contributed by atoms with E-state index in [0.29, 0.717) is 0 Å². The van der Waals surface area contributed by atoms with Crippen LogP contribution in [0.2, 0.25) is 0 Å². The zero-order chi connectivity index (χ0) is 5.86. The second kappa shape index (κ2) is 2.14. The van der Waals surface area contributed by atoms with Gasteiger partial charge in [0.05, 0.1) is 0 Å². The van der Waals surface area contributed by atoms with E-state index in [9.17, 15) is 4.79 Å². The molecule has 0 saturated heterocycles. The number of carbonyl (C=O) groups is 2. The zero-order valence-electron chi connectivity index (χ0n) is 3.04. The van der Waals surface area contributed by atoms with E-state index < -0.39 is 11.9 Å². The van der Waals surface area contributed by atoms with Crippen LogP contribution in [0.4, 0.5) is 0 Å². The zero-order valence-corrected chi connectivity index (χ0v) is 3.04. The van der Waals surface area contributed by atoms with Gasteiger partial charge >= 0.3 is 5.97 Å². The Morgan fingerprint density at radius 2 is 1.86 bits per heavy atom. The SMILES string of the molecule is O=C([O-])C(=O)O[O-]. The average molecular weight is 104 g/mol. The van der Waals surface area contributed by atoms with Crippen LogP contribution in [0.15, 0.2) is 0 Å². The monoisotopic (exact) mass is 104 g/mol. The predicted octanol–water partition coefficient (Wildman–Crippen LogP) is -3.45. The Kier molecular flexibility index (Phi) is 1.80. The molecule has 0 bridgehead atoms. The van der Waals surface area contributed by atoms with E-state index in [4.69, 9.17) is 15.2 Å². The molecule has 0 aliphatic heterocycles. The van der Waals surface area contributed by atoms with Crippen molar-refractivity contribution < 1.29 is 24.8 Å². The molecule has 0 aliphatic carbocycles. The summed E-state index contributed by atoms with van der Waals surface area (Å²) >= 11 is 0. The first-order chi connectivity index (χ1) is 3.18. The van der Waals surface area contributed by atoms with Crippen molar-refractivity contribution in [3.05, 3.63) is 0 Å². The summed E-state index contributed by atoms with van der Waals surface area (Å²) in [7, 11) is 0. The van der Waals surface area contributed by atoms with Crippen molar-refractivity contribution in [3.63, 3.8) is 0 Å². The molecule has 0 radical (unpaired) electrons. The third-order valence-corrected chi connectivity index (χ3v) is 0.242. The van der Waals surface area contributed by atoms with E-state index in [1.807, 2.05) is 0 Å². The molecule has 0 aromatic heterocycles. The van der Waals surface area contributed by atoms with E-state index >= 15 is 0 Å². The first-order valence-corrected chi connectivity index (χ1v) is 1.23. The molecular formula is C2O5-2. The van der Waals surface area contributed by atoms with Gasteiger partial charge in [0.1, 0.15) is 0 Å². The minimum Gasteiger partial charge on any atom is -0.661 e. The fourth-order valence-corrected chi connectivity index (χ4v) is 0.0340. The van der Waals surface area contributed by atoms with Gasteiger partial charge in [-0.1, -0.05) is 0 Å². The molecule has 5 nitrogen and oxygen atoms in total. The van der Waals surface area contributed by atoms with Crippen molar-refractivity contribution in [2.75, 3.05) is 0 Å². The standard InChI is InChI=1S/C2H2O5/c3-1(4)2(5)7-6/h6H,(H,3,4)/p-2. The normalized spacial score (nSPS) is 7.57. The lowest BCUT2D eigenvalue weighted by Crippen LogP contribution is -2.35. The van der Waals surface area contributed by atoms with E-state index in [2.05, 4.69) is 4.89 Å². The molecule has 0 aliphatic rings. The van der Waals surface area contributed by atoms with Crippen LogP contribution < -0.4 is 10.4 Å². The second-order valence-electron chi connectivity index (χ2n) is 0.658. The number of carboxylic acids is 1. The van der Waals surface area contributed by atoms with E-state index in [-0.39, 0.29) is 0 Å². The van der Waals surface area contributed by atoms with Crippen LogP contribution in [-0.2, 0) is 14.5 Å². The quantitative estimate of drug-likeness (QED) is 0.181. The maximum Gasteiger partial charge on any atom is 0.348 e. The number of carbonyl (C=O) groups excluding carboxylic acids is 2. The van der Waals surface area contributed by atoms with Gasteiger partial charge in [0, 0.05) is 0 Å². The minimum atomic E-state index is -2.13. The largest absolute Gasteiger partial charge is 0.661 e. The van der Waals surface area contributed by atoms with Gasteiger partial charge in [-0.3, -0.25) is 0 Å². The molecular weight excluding hydrogens is 104 g/mol. The molecule has 7 heavy (non-hydrogen) atoms. The van der Waals surface area contributed by atoms with Gasteiger partial charge < -0.3 is 20.0 Å². The van der Waals surface area contributed by atoms with Crippen LogP contribution in [-0.4, -0.2) is 11.9 Å². The summed E-state index contributed by atoms with van der Waals surface area (Å²) in [4.78, 5) is 20.9. The van der Waals surface area contributed by atoms with Gasteiger partial charge in [0.15, 0.2) is 5.97 Å². The van der Waals surface area contributed by atoms with Gasteiger partial charge in [0.2, 0.25) is 0 Å². The van der Waals surface area contributed by atoms with Crippen molar-refractivity contribution in [3.8, 4) is 0 Å². The summed E-state index contributed by atoms with van der Waals surface area (Å²) in [5.41, 5.74) is 0. The summed E-state index contributed by atoms with van der Waals surface area (Å²) in [5.74, 6) is -4.03. The molecule has 0 atom stereocenters. The number of hydrogen-bond donors (Lipinski definition) is 0. The molecule has 0 saturated carbocycles. The molecule has 0 aromatic rings.